The molecule has 2 heterocycles. The van der Waals surface area contributed by atoms with Crippen molar-refractivity contribution in [1.29, 1.82) is 0 Å². The number of aromatic nitrogens is 1. The smallest absolute Gasteiger partial charge is 0.227 e. The third-order valence-electron chi connectivity index (χ3n) is 4.75. The number of fused-ring (bicyclic) bond motifs is 1. The van der Waals surface area contributed by atoms with Gasteiger partial charge in [0.25, 0.3) is 0 Å². The Kier molecular flexibility index (Phi) is 5.11. The summed E-state index contributed by atoms with van der Waals surface area (Å²) in [5, 5.41) is 0. The van der Waals surface area contributed by atoms with Crippen molar-refractivity contribution in [2.45, 2.75) is 32.7 Å². The van der Waals surface area contributed by atoms with Gasteiger partial charge in [0, 0.05) is 43.2 Å². The predicted octanol–water partition coefficient (Wildman–Crippen LogP) is 2.66. The van der Waals surface area contributed by atoms with Crippen LogP contribution in [0.15, 0.2) is 36.7 Å². The first-order valence-electron chi connectivity index (χ1n) is 8.65. The van der Waals surface area contributed by atoms with Crippen LogP contribution in [0.25, 0.3) is 11.1 Å². The number of hydrogen-bond donors (Lipinski definition) is 1. The lowest BCUT2D eigenvalue weighted by Crippen LogP contribution is -2.30. The normalized spacial score (nSPS) is 15.7. The Morgan fingerprint density at radius 3 is 2.69 bits per heavy atom. The molecule has 0 spiro atoms. The highest BCUT2D eigenvalue weighted by Crippen LogP contribution is 2.31. The molecule has 2 aromatic rings. The van der Waals surface area contributed by atoms with E-state index in [1.165, 1.54) is 0 Å². The van der Waals surface area contributed by atoms with Crippen LogP contribution in [0.5, 0.6) is 0 Å². The van der Waals surface area contributed by atoms with Crippen LogP contribution >= 0.6 is 0 Å². The zero-order valence-corrected chi connectivity index (χ0v) is 16.0. The molecule has 0 fully saturated rings. The van der Waals surface area contributed by atoms with Crippen LogP contribution in [0.2, 0.25) is 0 Å². The molecule has 138 valence electrons. The molecule has 1 atom stereocenters. The topological polar surface area (TPSA) is 79.4 Å². The van der Waals surface area contributed by atoms with Crippen molar-refractivity contribution in [2.24, 2.45) is 0 Å². The van der Waals surface area contributed by atoms with Crippen molar-refractivity contribution in [3.8, 4) is 11.1 Å². The first-order valence-corrected chi connectivity index (χ1v) is 10.3. The highest BCUT2D eigenvalue weighted by molar-refractivity contribution is 7.89. The Hall–Kier alpha value is -2.25. The summed E-state index contributed by atoms with van der Waals surface area (Å²) < 4.78 is 26.2. The van der Waals surface area contributed by atoms with Gasteiger partial charge in [0.05, 0.1) is 5.75 Å². The molecule has 0 saturated carbocycles. The zero-order valence-electron chi connectivity index (χ0n) is 15.2. The number of benzene rings is 1. The number of nitrogens with one attached hydrogen (secondary N) is 1. The van der Waals surface area contributed by atoms with E-state index in [0.29, 0.717) is 6.42 Å². The number of carbonyl (C=O) groups is 1. The molecular formula is C19H23N3O3S. The van der Waals surface area contributed by atoms with Crippen LogP contribution in [0, 0.1) is 0 Å². The lowest BCUT2D eigenvalue weighted by molar-refractivity contribution is -0.118. The molecule has 1 aliphatic rings. The third kappa shape index (κ3) is 3.78. The van der Waals surface area contributed by atoms with Gasteiger partial charge in [-0.05, 0) is 55.2 Å². The van der Waals surface area contributed by atoms with Crippen molar-refractivity contribution in [3.63, 3.8) is 0 Å². The molecule has 3 rings (SSSR count). The van der Waals surface area contributed by atoms with Gasteiger partial charge in [-0.15, -0.1) is 0 Å². The number of hydrogen-bond acceptors (Lipinski definition) is 4. The van der Waals surface area contributed by atoms with Gasteiger partial charge in [0.15, 0.2) is 0 Å². The number of sulfonamides is 1. The molecule has 1 amide bonds. The van der Waals surface area contributed by atoms with Crippen LogP contribution < -0.4 is 9.62 Å². The Morgan fingerprint density at radius 1 is 1.19 bits per heavy atom. The summed E-state index contributed by atoms with van der Waals surface area (Å²) in [5.41, 5.74) is 4.82. The van der Waals surface area contributed by atoms with Gasteiger partial charge < -0.3 is 4.90 Å². The summed E-state index contributed by atoms with van der Waals surface area (Å²) in [4.78, 5) is 17.8. The van der Waals surface area contributed by atoms with Crippen molar-refractivity contribution in [3.05, 3.63) is 47.8 Å². The van der Waals surface area contributed by atoms with Gasteiger partial charge in [0.1, 0.15) is 0 Å². The maximum atomic E-state index is 11.8. The minimum Gasteiger partial charge on any atom is -0.315 e. The van der Waals surface area contributed by atoms with E-state index in [0.717, 1.165) is 34.4 Å². The second kappa shape index (κ2) is 7.17. The quantitative estimate of drug-likeness (QED) is 0.874. The average Bonchev–Trinajstić information content (AvgIpc) is 2.64. The summed E-state index contributed by atoms with van der Waals surface area (Å²) in [7, 11) is -1.49. The molecule has 26 heavy (non-hydrogen) atoms. The van der Waals surface area contributed by atoms with E-state index in [1.807, 2.05) is 18.2 Å². The van der Waals surface area contributed by atoms with E-state index < -0.39 is 10.0 Å². The third-order valence-corrected chi connectivity index (χ3v) is 6.23. The lowest BCUT2D eigenvalue weighted by Gasteiger charge is -2.26. The van der Waals surface area contributed by atoms with Gasteiger partial charge in [-0.25, -0.2) is 13.1 Å². The fourth-order valence-electron chi connectivity index (χ4n) is 3.11. The van der Waals surface area contributed by atoms with Crippen LogP contribution in [-0.2, 0) is 21.2 Å². The lowest BCUT2D eigenvalue weighted by atomic mass is 9.96. The zero-order chi connectivity index (χ0) is 18.9. The molecule has 6 nitrogen and oxygen atoms in total. The average molecular weight is 373 g/mol. The van der Waals surface area contributed by atoms with Crippen LogP contribution in [-0.4, -0.2) is 32.1 Å². The van der Waals surface area contributed by atoms with Crippen molar-refractivity contribution >= 4 is 21.6 Å². The van der Waals surface area contributed by atoms with Crippen molar-refractivity contribution in [1.82, 2.24) is 9.71 Å². The Balaban J connectivity index is 1.90. The maximum Gasteiger partial charge on any atom is 0.227 e. The van der Waals surface area contributed by atoms with E-state index in [2.05, 4.69) is 15.8 Å². The van der Waals surface area contributed by atoms with Crippen molar-refractivity contribution < 1.29 is 13.2 Å². The number of amides is 1. The van der Waals surface area contributed by atoms with Crippen LogP contribution in [0.4, 0.5) is 5.69 Å². The molecule has 0 saturated heterocycles. The van der Waals surface area contributed by atoms with Gasteiger partial charge in [0.2, 0.25) is 15.9 Å². The fourth-order valence-corrected chi connectivity index (χ4v) is 3.95. The van der Waals surface area contributed by atoms with E-state index in [1.54, 1.807) is 38.2 Å². The Morgan fingerprint density at radius 2 is 1.96 bits per heavy atom. The summed E-state index contributed by atoms with van der Waals surface area (Å²) in [6.45, 7) is 3.42. The highest BCUT2D eigenvalue weighted by Gasteiger charge is 2.21. The second-order valence-corrected chi connectivity index (χ2v) is 8.59. The van der Waals surface area contributed by atoms with Crippen molar-refractivity contribution in [2.75, 3.05) is 17.7 Å². The highest BCUT2D eigenvalue weighted by atomic mass is 32.2. The Bertz CT molecular complexity index is 941. The monoisotopic (exact) mass is 373 g/mol. The minimum absolute atomic E-state index is 0.0432. The minimum atomic E-state index is -3.28. The fraction of sp³-hybridized carbons (Fsp3) is 0.368. The Labute approximate surface area is 154 Å². The molecule has 0 aliphatic carbocycles. The number of nitrogens with zero attached hydrogens (tertiary/aromatic N) is 2. The standard InChI is InChI=1S/C19H23N3O3S/c1-4-26(24,25)21-13(2)16-10-17(12-20-11-16)14-5-7-18-15(9-14)6-8-19(23)22(18)3/h5,7,9-13,21H,4,6,8H2,1-3H3/t13-/m1/s1. The van der Waals surface area contributed by atoms with E-state index in [9.17, 15) is 13.2 Å². The number of anilines is 1. The van der Waals surface area contributed by atoms with Gasteiger partial charge in [-0.2, -0.15) is 0 Å². The number of aryl methyl sites for hydroxylation is 1. The summed E-state index contributed by atoms with van der Waals surface area (Å²) in [6, 6.07) is 7.61. The van der Waals surface area contributed by atoms with E-state index >= 15 is 0 Å². The predicted molar refractivity (Wildman–Crippen MR) is 102 cm³/mol. The van der Waals surface area contributed by atoms with Gasteiger partial charge in [-0.1, -0.05) is 6.07 Å². The summed E-state index contributed by atoms with van der Waals surface area (Å²) in [5.74, 6) is 0.174. The molecule has 0 unspecified atom stereocenters. The molecule has 1 aliphatic heterocycles. The molecule has 0 bridgehead atoms. The second-order valence-electron chi connectivity index (χ2n) is 6.55. The molecule has 1 aromatic carbocycles. The first-order chi connectivity index (χ1) is 12.3. The molecule has 1 N–H and O–H groups in total. The molecule has 7 heteroatoms. The number of rotatable bonds is 5. The number of carbonyl (C=O) groups excluding carboxylic acids is 1. The molecular weight excluding hydrogens is 350 g/mol. The molecule has 0 radical (unpaired) electrons. The first kappa shape index (κ1) is 18.5. The van der Waals surface area contributed by atoms with E-state index in [4.69, 9.17) is 0 Å². The van der Waals surface area contributed by atoms with Gasteiger partial charge in [-0.3, -0.25) is 9.78 Å². The summed E-state index contributed by atoms with van der Waals surface area (Å²) >= 11 is 0. The van der Waals surface area contributed by atoms with Crippen LogP contribution in [0.1, 0.15) is 37.4 Å². The number of pyridine rings is 1. The maximum absolute atomic E-state index is 11.8. The van der Waals surface area contributed by atoms with Crippen LogP contribution in [0.3, 0.4) is 0 Å². The summed E-state index contributed by atoms with van der Waals surface area (Å²) in [6.07, 6.45) is 4.69. The van der Waals surface area contributed by atoms with Gasteiger partial charge >= 0.3 is 0 Å². The molecule has 1 aromatic heterocycles. The van der Waals surface area contributed by atoms with E-state index in [-0.39, 0.29) is 17.7 Å². The SMILES string of the molecule is CCS(=O)(=O)N[C@H](C)c1cncc(-c2ccc3c(c2)CCC(=O)N3C)c1. The largest absolute Gasteiger partial charge is 0.315 e.